The van der Waals surface area contributed by atoms with Crippen molar-refractivity contribution >= 4 is 34.0 Å². The van der Waals surface area contributed by atoms with Crippen LogP contribution in [0.15, 0.2) is 36.5 Å². The van der Waals surface area contributed by atoms with Crippen molar-refractivity contribution in [3.63, 3.8) is 0 Å². The van der Waals surface area contributed by atoms with Crippen molar-refractivity contribution in [1.82, 2.24) is 9.88 Å². The fraction of sp³-hybridized carbons (Fsp3) is 0.448. The van der Waals surface area contributed by atoms with Crippen LogP contribution in [0.25, 0.3) is 22.0 Å². The van der Waals surface area contributed by atoms with Gasteiger partial charge in [-0.05, 0) is 100.0 Å². The smallest absolute Gasteiger partial charge is 0.169 e. The van der Waals surface area contributed by atoms with Crippen LogP contribution < -0.4 is 4.90 Å². The molecule has 1 saturated heterocycles. The number of pyridine rings is 1. The Morgan fingerprint density at radius 2 is 1.79 bits per heavy atom. The van der Waals surface area contributed by atoms with Crippen molar-refractivity contribution in [2.75, 3.05) is 38.6 Å². The number of ketones is 1. The zero-order chi connectivity index (χ0) is 24.0. The van der Waals surface area contributed by atoms with Crippen LogP contribution in [0, 0.1) is 25.7 Å². The molecule has 0 atom stereocenters. The molecule has 178 valence electrons. The van der Waals surface area contributed by atoms with Gasteiger partial charge in [0, 0.05) is 42.2 Å². The van der Waals surface area contributed by atoms with E-state index in [-0.39, 0.29) is 11.7 Å². The number of rotatable bonds is 6. The van der Waals surface area contributed by atoms with Crippen molar-refractivity contribution in [3.8, 4) is 11.1 Å². The van der Waals surface area contributed by atoms with Crippen molar-refractivity contribution in [2.45, 2.75) is 39.5 Å². The fourth-order valence-corrected chi connectivity index (χ4v) is 5.59. The highest BCUT2D eigenvalue weighted by atomic mass is 35.5. The van der Waals surface area contributed by atoms with E-state index >= 15 is 0 Å². The minimum atomic E-state index is 0.172. The summed E-state index contributed by atoms with van der Waals surface area (Å²) >= 11 is 6.50. The van der Waals surface area contributed by atoms with Crippen molar-refractivity contribution in [3.05, 3.63) is 58.2 Å². The molecule has 1 aliphatic heterocycles. The lowest BCUT2D eigenvalue weighted by Crippen LogP contribution is -2.38. The third kappa shape index (κ3) is 4.58. The lowest BCUT2D eigenvalue weighted by molar-refractivity contribution is 0.0968. The van der Waals surface area contributed by atoms with E-state index in [0.29, 0.717) is 5.92 Å². The number of nitrogens with zero attached hydrogens (tertiary/aromatic N) is 3. The predicted octanol–water partition coefficient (Wildman–Crippen LogP) is 6.54. The first-order valence-electron chi connectivity index (χ1n) is 12.5. The number of piperidine rings is 1. The first kappa shape index (κ1) is 23.3. The molecular weight excluding hydrogens is 442 g/mol. The van der Waals surface area contributed by atoms with Crippen molar-refractivity contribution < 1.29 is 4.79 Å². The van der Waals surface area contributed by atoms with Gasteiger partial charge in [0.1, 0.15) is 0 Å². The standard InChI is InChI=1S/C29H34ClN3O/c1-18-13-19(2)26(30)15-23(18)22-7-8-27-24(14-22)28(25(16-31-27)29(34)21-5-6-21)33-11-9-20(10-12-33)17-32(3)4/h7-8,13-16,20-21H,5-6,9-12,17H2,1-4H3. The highest BCUT2D eigenvalue weighted by Crippen LogP contribution is 2.40. The fourth-order valence-electron chi connectivity index (χ4n) is 5.42. The molecule has 0 unspecified atom stereocenters. The van der Waals surface area contributed by atoms with Gasteiger partial charge in [-0.1, -0.05) is 23.7 Å². The molecule has 2 aliphatic rings. The lowest BCUT2D eigenvalue weighted by atomic mass is 9.92. The maximum absolute atomic E-state index is 13.3. The Bertz CT molecular complexity index is 1240. The number of fused-ring (bicyclic) bond motifs is 1. The van der Waals surface area contributed by atoms with Gasteiger partial charge in [-0.2, -0.15) is 0 Å². The SMILES string of the molecule is Cc1cc(C)c(-c2ccc3ncc(C(=O)C4CC4)c(N4CCC(CN(C)C)CC4)c3c2)cc1Cl. The van der Waals surface area contributed by atoms with Crippen LogP contribution in [-0.2, 0) is 0 Å². The van der Waals surface area contributed by atoms with Gasteiger partial charge in [0.05, 0.1) is 16.8 Å². The Balaban J connectivity index is 1.60. The average Bonchev–Trinajstić information content (AvgIpc) is 3.66. The minimum absolute atomic E-state index is 0.172. The maximum Gasteiger partial charge on any atom is 0.169 e. The Kier molecular flexibility index (Phi) is 6.39. The number of anilines is 1. The number of hydrogen-bond donors (Lipinski definition) is 0. The molecule has 3 aromatic rings. The van der Waals surface area contributed by atoms with E-state index in [1.165, 1.54) is 5.56 Å². The molecule has 0 bridgehead atoms. The van der Waals surface area contributed by atoms with E-state index in [1.807, 2.05) is 13.1 Å². The van der Waals surface area contributed by atoms with Gasteiger partial charge in [-0.15, -0.1) is 0 Å². The zero-order valence-corrected chi connectivity index (χ0v) is 21.5. The van der Waals surface area contributed by atoms with E-state index in [1.54, 1.807) is 0 Å². The van der Waals surface area contributed by atoms with Crippen LogP contribution in [0.5, 0.6) is 0 Å². The summed E-state index contributed by atoms with van der Waals surface area (Å²) < 4.78 is 0. The van der Waals surface area contributed by atoms with Gasteiger partial charge < -0.3 is 9.80 Å². The first-order valence-corrected chi connectivity index (χ1v) is 12.8. The number of Topliss-reactive ketones (excluding diaryl/α,β-unsaturated/α-hetero) is 1. The molecule has 4 nitrogen and oxygen atoms in total. The monoisotopic (exact) mass is 475 g/mol. The van der Waals surface area contributed by atoms with E-state index in [9.17, 15) is 4.79 Å². The van der Waals surface area contributed by atoms with Gasteiger partial charge in [-0.25, -0.2) is 0 Å². The molecule has 1 aliphatic carbocycles. The summed E-state index contributed by atoms with van der Waals surface area (Å²) in [4.78, 5) is 22.8. The summed E-state index contributed by atoms with van der Waals surface area (Å²) in [6.45, 7) is 7.24. The van der Waals surface area contributed by atoms with Crippen LogP contribution in [0.4, 0.5) is 5.69 Å². The molecule has 34 heavy (non-hydrogen) atoms. The van der Waals surface area contributed by atoms with Gasteiger partial charge in [0.15, 0.2) is 5.78 Å². The normalized spacial score (nSPS) is 17.1. The summed E-state index contributed by atoms with van der Waals surface area (Å²) in [5.74, 6) is 1.14. The van der Waals surface area contributed by atoms with E-state index in [2.05, 4.69) is 61.2 Å². The van der Waals surface area contributed by atoms with Crippen molar-refractivity contribution in [1.29, 1.82) is 0 Å². The Hall–Kier alpha value is -2.43. The highest BCUT2D eigenvalue weighted by Gasteiger charge is 2.34. The van der Waals surface area contributed by atoms with Crippen LogP contribution in [0.3, 0.4) is 0 Å². The largest absolute Gasteiger partial charge is 0.370 e. The molecular formula is C29H34ClN3O. The van der Waals surface area contributed by atoms with Crippen molar-refractivity contribution in [2.24, 2.45) is 11.8 Å². The molecule has 0 radical (unpaired) electrons. The molecule has 1 aromatic heterocycles. The van der Waals surface area contributed by atoms with E-state index in [4.69, 9.17) is 16.6 Å². The van der Waals surface area contributed by atoms with Gasteiger partial charge in [0.2, 0.25) is 0 Å². The second-order valence-electron chi connectivity index (χ2n) is 10.5. The van der Waals surface area contributed by atoms with Crippen LogP contribution in [-0.4, -0.2) is 49.4 Å². The third-order valence-corrected chi connectivity index (χ3v) is 7.83. The summed E-state index contributed by atoms with van der Waals surface area (Å²) in [5.41, 5.74) is 7.37. The summed E-state index contributed by atoms with van der Waals surface area (Å²) in [5, 5.41) is 1.85. The first-order chi connectivity index (χ1) is 16.3. The second-order valence-corrected chi connectivity index (χ2v) is 10.9. The summed E-state index contributed by atoms with van der Waals surface area (Å²) in [7, 11) is 4.30. The number of carbonyl (C=O) groups is 1. The lowest BCUT2D eigenvalue weighted by Gasteiger charge is -2.36. The predicted molar refractivity (Wildman–Crippen MR) is 142 cm³/mol. The topological polar surface area (TPSA) is 36.4 Å². The van der Waals surface area contributed by atoms with Gasteiger partial charge in [0.25, 0.3) is 0 Å². The molecule has 1 saturated carbocycles. The number of hydrogen-bond acceptors (Lipinski definition) is 4. The summed E-state index contributed by atoms with van der Waals surface area (Å²) in [6.07, 6.45) is 6.12. The number of aryl methyl sites for hydroxylation is 2. The Morgan fingerprint density at radius 1 is 1.06 bits per heavy atom. The van der Waals surface area contributed by atoms with Crippen LogP contribution >= 0.6 is 11.6 Å². The quantitative estimate of drug-likeness (QED) is 0.379. The average molecular weight is 476 g/mol. The Labute approximate surface area is 207 Å². The Morgan fingerprint density at radius 3 is 2.47 bits per heavy atom. The molecule has 5 rings (SSSR count). The number of carbonyl (C=O) groups excluding carboxylic acids is 1. The van der Waals surface area contributed by atoms with E-state index < -0.39 is 0 Å². The third-order valence-electron chi connectivity index (χ3n) is 7.42. The number of benzene rings is 2. The van der Waals surface area contributed by atoms with Crippen LogP contribution in [0.2, 0.25) is 5.02 Å². The highest BCUT2D eigenvalue weighted by molar-refractivity contribution is 6.31. The minimum Gasteiger partial charge on any atom is -0.370 e. The molecule has 2 aromatic carbocycles. The second kappa shape index (κ2) is 9.31. The van der Waals surface area contributed by atoms with E-state index in [0.717, 1.165) is 89.2 Å². The molecule has 0 N–H and O–H groups in total. The molecule has 5 heteroatoms. The van der Waals surface area contributed by atoms with Crippen LogP contribution in [0.1, 0.15) is 47.2 Å². The number of aromatic nitrogens is 1. The molecule has 0 amide bonds. The molecule has 0 spiro atoms. The van der Waals surface area contributed by atoms with Gasteiger partial charge in [-0.3, -0.25) is 9.78 Å². The molecule has 2 heterocycles. The summed E-state index contributed by atoms with van der Waals surface area (Å²) in [6, 6.07) is 10.6. The molecule has 2 fully saturated rings. The maximum atomic E-state index is 13.3. The zero-order valence-electron chi connectivity index (χ0n) is 20.7. The number of halogens is 1. The van der Waals surface area contributed by atoms with Gasteiger partial charge >= 0.3 is 0 Å².